The highest BCUT2D eigenvalue weighted by molar-refractivity contribution is 7.89. The van der Waals surface area contributed by atoms with Gasteiger partial charge in [-0.15, -0.1) is 0 Å². The van der Waals surface area contributed by atoms with Crippen molar-refractivity contribution in [3.8, 4) is 0 Å². The van der Waals surface area contributed by atoms with Gasteiger partial charge in [0.2, 0.25) is 10.0 Å². The molecule has 0 radical (unpaired) electrons. The number of benzene rings is 1. The number of hydrogen-bond donors (Lipinski definition) is 1. The number of nitrogens with two attached hydrogens (primary N) is 1. The number of rotatable bonds is 24. The summed E-state index contributed by atoms with van der Waals surface area (Å²) in [6.07, 6.45) is 25.1. The maximum atomic E-state index is 13.3. The standard InChI is InChI=1S/C30H56N2O2S/c1-3-5-7-9-11-13-15-17-19-21-26-32(35(33,34)30-25-23-24-29(31)28-30)27-22-20-18-16-14-12-10-8-6-4-2/h23-25,28H,3-22,26-27,31H2,1-2H3. The van der Waals surface area contributed by atoms with Crippen LogP contribution in [-0.2, 0) is 10.0 Å². The van der Waals surface area contributed by atoms with E-state index in [0.717, 1.165) is 25.7 Å². The summed E-state index contributed by atoms with van der Waals surface area (Å²) in [5, 5.41) is 0. The Balaban J connectivity index is 2.39. The molecule has 0 heterocycles. The lowest BCUT2D eigenvalue weighted by atomic mass is 10.1. The molecule has 0 aliphatic heterocycles. The van der Waals surface area contributed by atoms with Crippen LogP contribution in [0.5, 0.6) is 0 Å². The van der Waals surface area contributed by atoms with E-state index in [4.69, 9.17) is 5.73 Å². The largest absolute Gasteiger partial charge is 0.399 e. The van der Waals surface area contributed by atoms with E-state index in [1.54, 1.807) is 28.6 Å². The number of hydrogen-bond acceptors (Lipinski definition) is 3. The molecule has 0 unspecified atom stereocenters. The molecule has 35 heavy (non-hydrogen) atoms. The van der Waals surface area contributed by atoms with Crippen molar-refractivity contribution in [3.05, 3.63) is 24.3 Å². The second kappa shape index (κ2) is 21.1. The topological polar surface area (TPSA) is 63.4 Å². The van der Waals surface area contributed by atoms with Crippen molar-refractivity contribution in [2.75, 3.05) is 18.8 Å². The minimum Gasteiger partial charge on any atom is -0.399 e. The summed E-state index contributed by atoms with van der Waals surface area (Å²) in [7, 11) is -3.49. The average Bonchev–Trinajstić information content (AvgIpc) is 2.84. The minimum absolute atomic E-state index is 0.330. The van der Waals surface area contributed by atoms with Crippen LogP contribution in [0.25, 0.3) is 0 Å². The lowest BCUT2D eigenvalue weighted by molar-refractivity contribution is 0.383. The third-order valence-electron chi connectivity index (χ3n) is 7.02. The van der Waals surface area contributed by atoms with Gasteiger partial charge in [-0.25, -0.2) is 8.42 Å². The third kappa shape index (κ3) is 15.6. The molecule has 0 aromatic heterocycles. The summed E-state index contributed by atoms with van der Waals surface area (Å²) < 4.78 is 28.4. The van der Waals surface area contributed by atoms with Crippen molar-refractivity contribution in [1.29, 1.82) is 0 Å². The van der Waals surface area contributed by atoms with E-state index in [2.05, 4.69) is 13.8 Å². The highest BCUT2D eigenvalue weighted by Crippen LogP contribution is 2.21. The SMILES string of the molecule is CCCCCCCCCCCCN(CCCCCCCCCCCC)S(=O)(=O)c1cccc(N)c1. The van der Waals surface area contributed by atoms with Crippen molar-refractivity contribution in [1.82, 2.24) is 4.31 Å². The lowest BCUT2D eigenvalue weighted by Gasteiger charge is -2.22. The van der Waals surface area contributed by atoms with Crippen LogP contribution in [0.15, 0.2) is 29.2 Å². The zero-order valence-corrected chi connectivity index (χ0v) is 23.9. The van der Waals surface area contributed by atoms with Crippen molar-refractivity contribution in [2.45, 2.75) is 147 Å². The molecule has 0 aliphatic rings. The first-order valence-electron chi connectivity index (χ1n) is 14.9. The highest BCUT2D eigenvalue weighted by Gasteiger charge is 2.23. The van der Waals surface area contributed by atoms with Gasteiger partial charge < -0.3 is 5.73 Å². The van der Waals surface area contributed by atoms with Crippen LogP contribution in [0.3, 0.4) is 0 Å². The number of anilines is 1. The van der Waals surface area contributed by atoms with Gasteiger partial charge in [0.25, 0.3) is 0 Å². The van der Waals surface area contributed by atoms with Crippen LogP contribution in [-0.4, -0.2) is 25.8 Å². The number of unbranched alkanes of at least 4 members (excludes halogenated alkanes) is 18. The Hall–Kier alpha value is -1.07. The minimum atomic E-state index is -3.49. The highest BCUT2D eigenvalue weighted by atomic mass is 32.2. The molecule has 1 aromatic carbocycles. The van der Waals surface area contributed by atoms with E-state index in [9.17, 15) is 8.42 Å². The molecule has 0 atom stereocenters. The van der Waals surface area contributed by atoms with Gasteiger partial charge in [-0.3, -0.25) is 0 Å². The molecular formula is C30H56N2O2S. The molecule has 5 heteroatoms. The number of nitrogens with zero attached hydrogens (tertiary/aromatic N) is 1. The van der Waals surface area contributed by atoms with Gasteiger partial charge in [-0.1, -0.05) is 135 Å². The molecule has 0 aliphatic carbocycles. The predicted octanol–water partition coefficient (Wildman–Crippen LogP) is 9.10. The Bertz CT molecular complexity index is 697. The molecule has 1 rings (SSSR count). The van der Waals surface area contributed by atoms with E-state index in [-0.39, 0.29) is 0 Å². The summed E-state index contributed by atoms with van der Waals surface area (Å²) in [6.45, 7) is 5.75. The fourth-order valence-corrected chi connectivity index (χ4v) is 6.30. The molecule has 2 N–H and O–H groups in total. The lowest BCUT2D eigenvalue weighted by Crippen LogP contribution is -2.33. The first-order valence-corrected chi connectivity index (χ1v) is 16.3. The Morgan fingerprint density at radius 2 is 0.971 bits per heavy atom. The maximum absolute atomic E-state index is 13.3. The van der Waals surface area contributed by atoms with E-state index < -0.39 is 10.0 Å². The van der Waals surface area contributed by atoms with E-state index in [0.29, 0.717) is 23.7 Å². The predicted molar refractivity (Wildman–Crippen MR) is 153 cm³/mol. The summed E-state index contributed by atoms with van der Waals surface area (Å²) >= 11 is 0. The first kappa shape index (κ1) is 32.0. The Morgan fingerprint density at radius 3 is 1.34 bits per heavy atom. The van der Waals surface area contributed by atoms with Crippen molar-refractivity contribution in [3.63, 3.8) is 0 Å². The monoisotopic (exact) mass is 508 g/mol. The molecule has 0 saturated heterocycles. The van der Waals surface area contributed by atoms with Crippen LogP contribution in [0.2, 0.25) is 0 Å². The Labute approximate surface area is 218 Å². The normalized spacial score (nSPS) is 12.0. The summed E-state index contributed by atoms with van der Waals surface area (Å²) in [5.41, 5.74) is 6.39. The van der Waals surface area contributed by atoms with Crippen LogP contribution in [0.4, 0.5) is 5.69 Å². The fraction of sp³-hybridized carbons (Fsp3) is 0.800. The van der Waals surface area contributed by atoms with Gasteiger partial charge in [-0.2, -0.15) is 4.31 Å². The summed E-state index contributed by atoms with van der Waals surface area (Å²) in [5.74, 6) is 0. The first-order chi connectivity index (χ1) is 17.0. The van der Waals surface area contributed by atoms with Gasteiger partial charge in [-0.05, 0) is 31.0 Å². The van der Waals surface area contributed by atoms with Gasteiger partial charge >= 0.3 is 0 Å². The molecule has 0 spiro atoms. The molecule has 1 aromatic rings. The zero-order chi connectivity index (χ0) is 25.6. The van der Waals surface area contributed by atoms with E-state index in [1.165, 1.54) is 103 Å². The van der Waals surface area contributed by atoms with Crippen LogP contribution in [0.1, 0.15) is 142 Å². The molecule has 4 nitrogen and oxygen atoms in total. The molecule has 0 saturated carbocycles. The smallest absolute Gasteiger partial charge is 0.243 e. The van der Waals surface area contributed by atoms with Crippen LogP contribution < -0.4 is 5.73 Å². The Kier molecular flexibility index (Phi) is 19.2. The zero-order valence-electron chi connectivity index (χ0n) is 23.1. The summed E-state index contributed by atoms with van der Waals surface area (Å²) in [4.78, 5) is 0.330. The second-order valence-electron chi connectivity index (χ2n) is 10.3. The number of sulfonamides is 1. The molecule has 0 fully saturated rings. The van der Waals surface area contributed by atoms with Gasteiger partial charge in [0.05, 0.1) is 4.90 Å². The Morgan fingerprint density at radius 1 is 0.600 bits per heavy atom. The number of nitrogen functional groups attached to an aromatic ring is 1. The van der Waals surface area contributed by atoms with Crippen molar-refractivity contribution in [2.24, 2.45) is 0 Å². The molecule has 0 amide bonds. The maximum Gasteiger partial charge on any atom is 0.243 e. The second-order valence-corrected chi connectivity index (χ2v) is 12.3. The molecule has 204 valence electrons. The van der Waals surface area contributed by atoms with Crippen LogP contribution >= 0.6 is 0 Å². The van der Waals surface area contributed by atoms with Crippen molar-refractivity contribution >= 4 is 15.7 Å². The quantitative estimate of drug-likeness (QED) is 0.112. The van der Waals surface area contributed by atoms with Gasteiger partial charge in [0.1, 0.15) is 0 Å². The van der Waals surface area contributed by atoms with E-state index in [1.807, 2.05) is 0 Å². The average molecular weight is 509 g/mol. The summed E-state index contributed by atoms with van der Waals surface area (Å²) in [6, 6.07) is 6.75. The van der Waals surface area contributed by atoms with Gasteiger partial charge in [0.15, 0.2) is 0 Å². The van der Waals surface area contributed by atoms with Crippen molar-refractivity contribution < 1.29 is 8.42 Å². The molecular weight excluding hydrogens is 452 g/mol. The fourth-order valence-electron chi connectivity index (χ4n) is 4.73. The van der Waals surface area contributed by atoms with Crippen LogP contribution in [0, 0.1) is 0 Å². The van der Waals surface area contributed by atoms with Gasteiger partial charge in [0, 0.05) is 18.8 Å². The third-order valence-corrected chi connectivity index (χ3v) is 8.91. The van der Waals surface area contributed by atoms with E-state index >= 15 is 0 Å². The molecule has 0 bridgehead atoms.